The van der Waals surface area contributed by atoms with Gasteiger partial charge in [0.2, 0.25) is 0 Å². The van der Waals surface area contributed by atoms with Crippen molar-refractivity contribution in [3.8, 4) is 11.8 Å². The Kier molecular flexibility index (Phi) is 5.97. The fraction of sp³-hybridized carbons (Fsp3) is 0.300. The molecule has 0 saturated heterocycles. The molecular formula is C20H24B4FN7O3. The second-order valence-corrected chi connectivity index (χ2v) is 9.82. The van der Waals surface area contributed by atoms with Crippen molar-refractivity contribution in [3.05, 3.63) is 46.9 Å². The maximum atomic E-state index is 14.7. The van der Waals surface area contributed by atoms with Gasteiger partial charge in [-0.3, -0.25) is 4.79 Å². The minimum absolute atomic E-state index is 0.00171. The van der Waals surface area contributed by atoms with Crippen molar-refractivity contribution in [1.82, 2.24) is 19.9 Å². The third kappa shape index (κ3) is 4.18. The van der Waals surface area contributed by atoms with Crippen molar-refractivity contribution >= 4 is 54.6 Å². The molecule has 15 heteroatoms. The molecule has 1 aliphatic heterocycles. The number of hydrogen-bond donors (Lipinski definition) is 3. The van der Waals surface area contributed by atoms with Crippen LogP contribution in [0.4, 0.5) is 16.0 Å². The predicted molar refractivity (Wildman–Crippen MR) is 139 cm³/mol. The molecule has 0 saturated carbocycles. The molecule has 1 amide bonds. The molecule has 0 spiro atoms. The number of nitrogens with two attached hydrogens (primary N) is 1. The quantitative estimate of drug-likeness (QED) is 0.337. The van der Waals surface area contributed by atoms with Gasteiger partial charge in [0.25, 0.3) is 5.91 Å². The van der Waals surface area contributed by atoms with E-state index in [9.17, 15) is 19.6 Å². The Morgan fingerprint density at radius 3 is 2.71 bits per heavy atom. The van der Waals surface area contributed by atoms with E-state index in [4.69, 9.17) is 10.5 Å². The van der Waals surface area contributed by atoms with Crippen molar-refractivity contribution in [2.45, 2.75) is 30.3 Å². The molecule has 0 fully saturated rings. The van der Waals surface area contributed by atoms with Crippen LogP contribution >= 0.6 is 0 Å². The molecule has 2 atom stereocenters. The summed E-state index contributed by atoms with van der Waals surface area (Å²) in [5.74, 6) is -0.644. The van der Waals surface area contributed by atoms with Crippen LogP contribution in [0.25, 0.3) is 5.65 Å². The number of ether oxygens (including phenoxy) is 1. The van der Waals surface area contributed by atoms with Crippen molar-refractivity contribution in [1.29, 1.82) is 5.26 Å². The number of nitrogens with zero attached hydrogens (tertiary/aromatic N) is 5. The number of carbonyl (C=O) groups is 1. The molecule has 2 unspecified atom stereocenters. The number of carbonyl (C=O) groups excluding carboxylic acids is 1. The second kappa shape index (κ2) is 8.53. The van der Waals surface area contributed by atoms with Crippen molar-refractivity contribution in [3.63, 3.8) is 0 Å². The van der Waals surface area contributed by atoms with Gasteiger partial charge in [-0.1, -0.05) is 5.11 Å². The van der Waals surface area contributed by atoms with E-state index in [0.29, 0.717) is 0 Å². The van der Waals surface area contributed by atoms with Gasteiger partial charge in [0.05, 0.1) is 47.8 Å². The van der Waals surface area contributed by atoms with Crippen LogP contribution in [0.5, 0.6) is 5.75 Å². The van der Waals surface area contributed by atoms with Gasteiger partial charge in [-0.15, -0.1) is 5.10 Å². The molecule has 1 aliphatic rings. The van der Waals surface area contributed by atoms with Crippen LogP contribution in [0.2, 0.25) is 5.11 Å². The third-order valence-corrected chi connectivity index (χ3v) is 6.47. The average Bonchev–Trinajstić information content (AvgIpc) is 3.11. The number of fused-ring (bicyclic) bond motifs is 2. The van der Waals surface area contributed by atoms with Crippen LogP contribution in [-0.4, -0.2) is 75.3 Å². The lowest BCUT2D eigenvalue weighted by Crippen LogP contribution is -2.59. The number of nitrogen functional groups attached to an aromatic ring is 1. The maximum absolute atomic E-state index is 14.7. The van der Waals surface area contributed by atoms with E-state index < -0.39 is 28.6 Å². The first kappa shape index (κ1) is 24.5. The number of nitrogens with one attached hydrogen (secondary N) is 1. The van der Waals surface area contributed by atoms with Gasteiger partial charge in [0.1, 0.15) is 35.1 Å². The summed E-state index contributed by atoms with van der Waals surface area (Å²) in [6.07, 6.45) is 1.04. The van der Waals surface area contributed by atoms with E-state index in [1.54, 1.807) is 31.9 Å². The molecule has 2 aromatic heterocycles. The molecule has 3 heterocycles. The third-order valence-electron chi connectivity index (χ3n) is 6.47. The summed E-state index contributed by atoms with van der Waals surface area (Å²) in [6, 6.07) is 6.13. The summed E-state index contributed by atoms with van der Waals surface area (Å²) in [5, 5.41) is 27.7. The van der Waals surface area contributed by atoms with Gasteiger partial charge in [0.15, 0.2) is 19.3 Å². The highest BCUT2D eigenvalue weighted by molar-refractivity contribution is 6.62. The lowest BCUT2D eigenvalue weighted by atomic mass is 9.34. The van der Waals surface area contributed by atoms with Crippen LogP contribution in [0, 0.1) is 17.1 Å². The van der Waals surface area contributed by atoms with E-state index in [1.165, 1.54) is 10.6 Å². The van der Waals surface area contributed by atoms with Gasteiger partial charge in [-0.25, -0.2) is 13.9 Å². The molecule has 2 bridgehead atoms. The summed E-state index contributed by atoms with van der Waals surface area (Å²) in [6.45, 7) is 1.74. The highest BCUT2D eigenvalue weighted by Gasteiger charge is 2.42. The SMILES string of the molecule is BC(B)(B)C(B)(O)N1Cc2c(ccc(F)c2C#N)OC(C)CNC(=O)c2c(N)nn3ccc1nc23. The maximum Gasteiger partial charge on any atom is 0.259 e. The van der Waals surface area contributed by atoms with E-state index >= 15 is 0 Å². The summed E-state index contributed by atoms with van der Waals surface area (Å²) in [4.78, 5) is 19.2. The number of aromatic nitrogens is 3. The van der Waals surface area contributed by atoms with Crippen LogP contribution in [0.15, 0.2) is 24.4 Å². The van der Waals surface area contributed by atoms with Crippen molar-refractivity contribution < 1.29 is 19.0 Å². The van der Waals surface area contributed by atoms with E-state index in [-0.39, 0.29) is 52.8 Å². The summed E-state index contributed by atoms with van der Waals surface area (Å²) < 4.78 is 22.1. The standard InChI is InChI=1S/C20H24B4FN7O3/c1-9-7-28-18(33)15-16(27)30-32-5-4-14(29-17(15)32)31(20(24,34)19(21,22)23)8-11-10(6-26)12(25)2-3-13(11)35-9/h2-5,9,34H,7-8,21-24H2,1H3,(H2,27,30)(H,28,33). The Labute approximate surface area is 205 Å². The Bertz CT molecular complexity index is 1370. The molecule has 10 nitrogen and oxygen atoms in total. The van der Waals surface area contributed by atoms with Gasteiger partial charge >= 0.3 is 0 Å². The van der Waals surface area contributed by atoms with Gasteiger partial charge in [-0.05, 0) is 25.1 Å². The minimum atomic E-state index is -1.53. The zero-order chi connectivity index (χ0) is 25.7. The number of aliphatic hydroxyl groups is 1. The minimum Gasteiger partial charge on any atom is -0.488 e. The van der Waals surface area contributed by atoms with Crippen molar-refractivity contribution in [2.75, 3.05) is 17.2 Å². The van der Waals surface area contributed by atoms with E-state index in [0.717, 1.165) is 6.07 Å². The zero-order valence-electron chi connectivity index (χ0n) is 20.3. The van der Waals surface area contributed by atoms with Crippen LogP contribution in [-0.2, 0) is 6.54 Å². The van der Waals surface area contributed by atoms with Crippen LogP contribution in [0.3, 0.4) is 0 Å². The fourth-order valence-electron chi connectivity index (χ4n) is 3.90. The normalized spacial score (nSPS) is 18.3. The Morgan fingerprint density at radius 1 is 1.34 bits per heavy atom. The molecule has 3 aromatic rings. The van der Waals surface area contributed by atoms with Gasteiger partial charge < -0.3 is 25.8 Å². The number of rotatable bonds is 2. The number of anilines is 2. The number of nitriles is 1. The molecule has 0 radical (unpaired) electrons. The van der Waals surface area contributed by atoms with E-state index in [1.807, 2.05) is 29.6 Å². The number of benzene rings is 1. The van der Waals surface area contributed by atoms with Crippen LogP contribution < -0.4 is 20.7 Å². The summed E-state index contributed by atoms with van der Waals surface area (Å²) in [5.41, 5.74) is 4.85. The monoisotopic (exact) mass is 473 g/mol. The fourth-order valence-corrected chi connectivity index (χ4v) is 3.90. The second-order valence-electron chi connectivity index (χ2n) is 9.82. The molecule has 176 valence electrons. The predicted octanol–water partition coefficient (Wildman–Crippen LogP) is -2.91. The molecule has 35 heavy (non-hydrogen) atoms. The average molecular weight is 473 g/mol. The van der Waals surface area contributed by atoms with Crippen molar-refractivity contribution in [2.24, 2.45) is 0 Å². The highest BCUT2D eigenvalue weighted by Crippen LogP contribution is 2.37. The lowest BCUT2D eigenvalue weighted by Gasteiger charge is -2.48. The van der Waals surface area contributed by atoms with Crippen LogP contribution in [0.1, 0.15) is 28.4 Å². The number of amides is 1. The largest absolute Gasteiger partial charge is 0.488 e. The molecule has 4 N–H and O–H groups in total. The summed E-state index contributed by atoms with van der Waals surface area (Å²) >= 11 is 0. The summed E-state index contributed by atoms with van der Waals surface area (Å²) in [7, 11) is 7.15. The van der Waals surface area contributed by atoms with Gasteiger partial charge in [-0.2, -0.15) is 5.26 Å². The van der Waals surface area contributed by atoms with E-state index in [2.05, 4.69) is 15.4 Å². The van der Waals surface area contributed by atoms with Gasteiger partial charge in [0, 0.05) is 11.8 Å². The number of halogens is 1. The molecule has 0 aliphatic carbocycles. The number of hydrogen-bond acceptors (Lipinski definition) is 8. The molecular weight excluding hydrogens is 449 g/mol. The lowest BCUT2D eigenvalue weighted by molar-refractivity contribution is 0.0934. The first-order valence-electron chi connectivity index (χ1n) is 11.2. The molecule has 4 rings (SSSR count). The highest BCUT2D eigenvalue weighted by atomic mass is 19.1. The molecule has 1 aromatic carbocycles. The smallest absolute Gasteiger partial charge is 0.259 e. The Balaban J connectivity index is 2.03. The first-order chi connectivity index (χ1) is 16.3. The Morgan fingerprint density at radius 2 is 2.06 bits per heavy atom. The Hall–Kier alpha value is -3.65. The first-order valence-corrected chi connectivity index (χ1v) is 11.2. The zero-order valence-corrected chi connectivity index (χ0v) is 20.3. The topological polar surface area (TPSA) is 142 Å².